The van der Waals surface area contributed by atoms with E-state index >= 15 is 0 Å². The molecule has 0 radical (unpaired) electrons. The first-order valence-corrected chi connectivity index (χ1v) is 4.44. The van der Waals surface area contributed by atoms with Crippen molar-refractivity contribution in [3.8, 4) is 5.75 Å². The SMILES string of the molecule is COCCONCc1ccc(O)cc1. The quantitative estimate of drug-likeness (QED) is 0.529. The van der Waals surface area contributed by atoms with Gasteiger partial charge in [0, 0.05) is 13.7 Å². The number of rotatable bonds is 6. The summed E-state index contributed by atoms with van der Waals surface area (Å²) in [6, 6.07) is 6.96. The molecule has 4 nitrogen and oxygen atoms in total. The maximum Gasteiger partial charge on any atom is 0.115 e. The van der Waals surface area contributed by atoms with Crippen LogP contribution in [0.25, 0.3) is 0 Å². The van der Waals surface area contributed by atoms with Crippen LogP contribution in [0, 0.1) is 0 Å². The van der Waals surface area contributed by atoms with E-state index in [-0.39, 0.29) is 5.75 Å². The van der Waals surface area contributed by atoms with Gasteiger partial charge in [0.25, 0.3) is 0 Å². The smallest absolute Gasteiger partial charge is 0.115 e. The first-order valence-electron chi connectivity index (χ1n) is 4.44. The maximum atomic E-state index is 9.03. The van der Waals surface area contributed by atoms with Crippen LogP contribution in [0.1, 0.15) is 5.56 Å². The van der Waals surface area contributed by atoms with Crippen LogP contribution in [-0.4, -0.2) is 25.4 Å². The molecule has 0 aliphatic heterocycles. The molecule has 0 saturated heterocycles. The molecule has 4 heteroatoms. The normalized spacial score (nSPS) is 10.4. The molecule has 1 rings (SSSR count). The molecular weight excluding hydrogens is 182 g/mol. The molecule has 0 saturated carbocycles. The maximum absolute atomic E-state index is 9.03. The Labute approximate surface area is 83.4 Å². The Morgan fingerprint density at radius 2 is 1.93 bits per heavy atom. The van der Waals surface area contributed by atoms with Gasteiger partial charge in [-0.1, -0.05) is 12.1 Å². The van der Waals surface area contributed by atoms with E-state index in [1.807, 2.05) is 12.1 Å². The van der Waals surface area contributed by atoms with Crippen LogP contribution in [0.2, 0.25) is 0 Å². The molecule has 0 amide bonds. The molecule has 14 heavy (non-hydrogen) atoms. The highest BCUT2D eigenvalue weighted by Gasteiger charge is 1.92. The predicted molar refractivity (Wildman–Crippen MR) is 52.8 cm³/mol. The van der Waals surface area contributed by atoms with E-state index in [1.54, 1.807) is 19.2 Å². The summed E-state index contributed by atoms with van der Waals surface area (Å²) in [7, 11) is 1.63. The van der Waals surface area contributed by atoms with Gasteiger partial charge in [-0.05, 0) is 17.7 Å². The van der Waals surface area contributed by atoms with E-state index in [4.69, 9.17) is 14.7 Å². The summed E-state index contributed by atoms with van der Waals surface area (Å²) in [6.45, 7) is 1.71. The Kier molecular flexibility index (Phi) is 4.99. The van der Waals surface area contributed by atoms with Gasteiger partial charge >= 0.3 is 0 Å². The van der Waals surface area contributed by atoms with E-state index in [0.717, 1.165) is 5.56 Å². The summed E-state index contributed by atoms with van der Waals surface area (Å²) >= 11 is 0. The minimum atomic E-state index is 0.272. The molecular formula is C10H15NO3. The van der Waals surface area contributed by atoms with E-state index in [9.17, 15) is 0 Å². The van der Waals surface area contributed by atoms with Gasteiger partial charge < -0.3 is 9.84 Å². The zero-order valence-corrected chi connectivity index (χ0v) is 8.19. The number of hydroxylamine groups is 1. The molecule has 1 aromatic carbocycles. The molecule has 0 atom stereocenters. The first kappa shape index (κ1) is 11.0. The lowest BCUT2D eigenvalue weighted by molar-refractivity contribution is 0.00346. The van der Waals surface area contributed by atoms with Gasteiger partial charge in [0.2, 0.25) is 0 Å². The molecule has 2 N–H and O–H groups in total. The number of hydrogen-bond acceptors (Lipinski definition) is 4. The Balaban J connectivity index is 2.15. The molecule has 0 aliphatic carbocycles. The van der Waals surface area contributed by atoms with Crippen molar-refractivity contribution in [3.05, 3.63) is 29.8 Å². The third-order valence-electron chi connectivity index (χ3n) is 1.70. The number of benzene rings is 1. The lowest BCUT2D eigenvalue weighted by Crippen LogP contribution is -2.16. The third kappa shape index (κ3) is 4.23. The summed E-state index contributed by atoms with van der Waals surface area (Å²) in [4.78, 5) is 5.07. The monoisotopic (exact) mass is 197 g/mol. The van der Waals surface area contributed by atoms with Crippen LogP contribution in [-0.2, 0) is 16.1 Å². The number of methoxy groups -OCH3 is 1. The van der Waals surface area contributed by atoms with Crippen molar-refractivity contribution in [1.29, 1.82) is 0 Å². The fourth-order valence-corrected chi connectivity index (χ4v) is 0.945. The highest BCUT2D eigenvalue weighted by atomic mass is 16.7. The van der Waals surface area contributed by atoms with E-state index < -0.39 is 0 Å². The number of phenols is 1. The molecule has 0 aromatic heterocycles. The fourth-order valence-electron chi connectivity index (χ4n) is 0.945. The van der Waals surface area contributed by atoms with Crippen molar-refractivity contribution in [2.24, 2.45) is 0 Å². The second-order valence-electron chi connectivity index (χ2n) is 2.83. The Morgan fingerprint density at radius 3 is 2.57 bits per heavy atom. The summed E-state index contributed by atoms with van der Waals surface area (Å²) in [6.07, 6.45) is 0. The van der Waals surface area contributed by atoms with Crippen molar-refractivity contribution < 1.29 is 14.7 Å². The molecule has 0 fully saturated rings. The van der Waals surface area contributed by atoms with Gasteiger partial charge in [0.15, 0.2) is 0 Å². The van der Waals surface area contributed by atoms with Gasteiger partial charge in [0.05, 0.1) is 13.2 Å². The van der Waals surface area contributed by atoms with Crippen molar-refractivity contribution in [2.75, 3.05) is 20.3 Å². The van der Waals surface area contributed by atoms with Crippen molar-refractivity contribution in [3.63, 3.8) is 0 Å². The van der Waals surface area contributed by atoms with E-state index in [0.29, 0.717) is 19.8 Å². The average Bonchev–Trinajstić information content (AvgIpc) is 2.21. The molecule has 0 unspecified atom stereocenters. The zero-order valence-electron chi connectivity index (χ0n) is 8.19. The van der Waals surface area contributed by atoms with Gasteiger partial charge in [-0.25, -0.2) is 0 Å². The highest BCUT2D eigenvalue weighted by molar-refractivity contribution is 5.25. The third-order valence-corrected chi connectivity index (χ3v) is 1.70. The largest absolute Gasteiger partial charge is 0.508 e. The number of hydrogen-bond donors (Lipinski definition) is 2. The summed E-state index contributed by atoms with van der Waals surface area (Å²) < 4.78 is 4.81. The van der Waals surface area contributed by atoms with Crippen LogP contribution < -0.4 is 5.48 Å². The Hall–Kier alpha value is -1.10. The van der Waals surface area contributed by atoms with Gasteiger partial charge in [-0.3, -0.25) is 4.84 Å². The molecule has 0 heterocycles. The fraction of sp³-hybridized carbons (Fsp3) is 0.400. The standard InChI is InChI=1S/C10H15NO3/c1-13-6-7-14-11-8-9-2-4-10(12)5-3-9/h2-5,11-12H,6-8H2,1H3. The highest BCUT2D eigenvalue weighted by Crippen LogP contribution is 2.08. The van der Waals surface area contributed by atoms with Crippen LogP contribution in [0.5, 0.6) is 5.75 Å². The minimum Gasteiger partial charge on any atom is -0.508 e. The molecule has 0 aliphatic rings. The van der Waals surface area contributed by atoms with Crippen molar-refractivity contribution in [1.82, 2.24) is 5.48 Å². The van der Waals surface area contributed by atoms with Crippen LogP contribution in [0.4, 0.5) is 0 Å². The lowest BCUT2D eigenvalue weighted by Gasteiger charge is -2.05. The lowest BCUT2D eigenvalue weighted by atomic mass is 10.2. The van der Waals surface area contributed by atoms with Crippen LogP contribution >= 0.6 is 0 Å². The Morgan fingerprint density at radius 1 is 1.21 bits per heavy atom. The number of nitrogens with one attached hydrogen (secondary N) is 1. The van der Waals surface area contributed by atoms with Gasteiger partial charge in [-0.15, -0.1) is 0 Å². The Bertz CT molecular complexity index is 248. The van der Waals surface area contributed by atoms with Gasteiger partial charge in [-0.2, -0.15) is 5.48 Å². The minimum absolute atomic E-state index is 0.272. The van der Waals surface area contributed by atoms with Crippen molar-refractivity contribution >= 4 is 0 Å². The van der Waals surface area contributed by atoms with E-state index in [1.165, 1.54) is 0 Å². The number of ether oxygens (including phenoxy) is 1. The van der Waals surface area contributed by atoms with Gasteiger partial charge in [0.1, 0.15) is 5.75 Å². The second kappa shape index (κ2) is 6.37. The average molecular weight is 197 g/mol. The molecule has 78 valence electrons. The molecule has 0 bridgehead atoms. The first-order chi connectivity index (χ1) is 6.83. The summed E-state index contributed by atoms with van der Waals surface area (Å²) in [5.41, 5.74) is 3.85. The molecule has 0 spiro atoms. The van der Waals surface area contributed by atoms with Crippen molar-refractivity contribution in [2.45, 2.75) is 6.54 Å². The second-order valence-corrected chi connectivity index (χ2v) is 2.83. The summed E-state index contributed by atoms with van der Waals surface area (Å²) in [5, 5.41) is 9.03. The number of phenolic OH excluding ortho intramolecular Hbond substituents is 1. The zero-order chi connectivity index (χ0) is 10.2. The van der Waals surface area contributed by atoms with E-state index in [2.05, 4.69) is 5.48 Å². The molecule has 1 aromatic rings. The van der Waals surface area contributed by atoms with Crippen LogP contribution in [0.15, 0.2) is 24.3 Å². The predicted octanol–water partition coefficient (Wildman–Crippen LogP) is 1.06. The van der Waals surface area contributed by atoms with Crippen LogP contribution in [0.3, 0.4) is 0 Å². The number of aromatic hydroxyl groups is 1. The summed E-state index contributed by atoms with van der Waals surface area (Å²) in [5.74, 6) is 0.272. The topological polar surface area (TPSA) is 50.7 Å².